The van der Waals surface area contributed by atoms with Gasteiger partial charge in [-0.3, -0.25) is 14.2 Å². The van der Waals surface area contributed by atoms with Gasteiger partial charge in [0.2, 0.25) is 5.91 Å². The minimum absolute atomic E-state index is 0.201. The number of thiazole rings is 1. The highest BCUT2D eigenvalue weighted by Crippen LogP contribution is 2.29. The van der Waals surface area contributed by atoms with E-state index in [9.17, 15) is 9.59 Å². The molecule has 0 saturated carbocycles. The Morgan fingerprint density at radius 1 is 1.21 bits per heavy atom. The molecule has 0 spiro atoms. The molecule has 1 amide bonds. The summed E-state index contributed by atoms with van der Waals surface area (Å²) < 4.78 is 7.66. The number of benzene rings is 2. The van der Waals surface area contributed by atoms with Gasteiger partial charge >= 0.3 is 0 Å². The molecule has 2 aromatic heterocycles. The lowest BCUT2D eigenvalue weighted by atomic mass is 10.1. The monoisotopic (exact) mass is 393 g/mol. The molecule has 0 radical (unpaired) electrons. The zero-order valence-corrected chi connectivity index (χ0v) is 16.5. The van der Waals surface area contributed by atoms with Crippen LogP contribution in [0.3, 0.4) is 0 Å². The summed E-state index contributed by atoms with van der Waals surface area (Å²) >= 11 is 1.37. The standard InChI is InChI=1S/C21H19N3O3S/c1-12-10-19(25)24(17-7-5-4-6-15(12)17)13(2)20(26)23-21-22-16-9-8-14(27-3)11-18(16)28-21/h4-11,13H,1-3H3,(H,22,23,26). The van der Waals surface area contributed by atoms with Crippen LogP contribution in [0.25, 0.3) is 21.1 Å². The van der Waals surface area contributed by atoms with Gasteiger partial charge < -0.3 is 10.1 Å². The SMILES string of the molecule is COc1ccc2nc(NC(=O)C(C)n3c(=O)cc(C)c4ccccc43)sc2c1. The van der Waals surface area contributed by atoms with Crippen molar-refractivity contribution in [3.8, 4) is 5.75 Å². The first-order valence-electron chi connectivity index (χ1n) is 8.84. The lowest BCUT2D eigenvalue weighted by molar-refractivity contribution is -0.118. The van der Waals surface area contributed by atoms with Crippen molar-refractivity contribution in [1.29, 1.82) is 0 Å². The van der Waals surface area contributed by atoms with Gasteiger partial charge in [0.1, 0.15) is 11.8 Å². The average Bonchev–Trinajstić information content (AvgIpc) is 3.09. The van der Waals surface area contributed by atoms with Crippen molar-refractivity contribution in [3.63, 3.8) is 0 Å². The van der Waals surface area contributed by atoms with Crippen molar-refractivity contribution in [3.05, 3.63) is 64.4 Å². The van der Waals surface area contributed by atoms with Gasteiger partial charge in [0.25, 0.3) is 5.56 Å². The number of hydrogen-bond donors (Lipinski definition) is 1. The normalized spacial score (nSPS) is 12.2. The fourth-order valence-electron chi connectivity index (χ4n) is 3.28. The molecule has 7 heteroatoms. The number of nitrogens with zero attached hydrogens (tertiary/aromatic N) is 2. The van der Waals surface area contributed by atoms with Gasteiger partial charge in [-0.1, -0.05) is 29.5 Å². The van der Waals surface area contributed by atoms with E-state index in [0.717, 1.165) is 32.4 Å². The maximum Gasteiger partial charge on any atom is 0.252 e. The minimum Gasteiger partial charge on any atom is -0.497 e. The van der Waals surface area contributed by atoms with E-state index in [2.05, 4.69) is 10.3 Å². The van der Waals surface area contributed by atoms with Crippen LogP contribution in [-0.2, 0) is 4.79 Å². The maximum atomic E-state index is 12.9. The van der Waals surface area contributed by atoms with Gasteiger partial charge in [-0.2, -0.15) is 0 Å². The molecule has 28 heavy (non-hydrogen) atoms. The summed E-state index contributed by atoms with van der Waals surface area (Å²) in [5, 5.41) is 4.28. The van der Waals surface area contributed by atoms with Gasteiger partial charge in [0.05, 0.1) is 22.8 Å². The van der Waals surface area contributed by atoms with E-state index < -0.39 is 6.04 Å². The highest BCUT2D eigenvalue weighted by atomic mass is 32.1. The molecule has 0 aliphatic rings. The molecule has 6 nitrogen and oxygen atoms in total. The lowest BCUT2D eigenvalue weighted by Crippen LogP contribution is -2.31. The van der Waals surface area contributed by atoms with E-state index in [1.165, 1.54) is 15.9 Å². The highest BCUT2D eigenvalue weighted by Gasteiger charge is 2.20. The molecular formula is C21H19N3O3S. The first-order chi connectivity index (χ1) is 13.5. The molecule has 0 aliphatic heterocycles. The van der Waals surface area contributed by atoms with Gasteiger partial charge in [0.15, 0.2) is 5.13 Å². The predicted octanol–water partition coefficient (Wildman–Crippen LogP) is 4.13. The molecule has 1 N–H and O–H groups in total. The van der Waals surface area contributed by atoms with Gasteiger partial charge in [-0.05, 0) is 43.7 Å². The maximum absolute atomic E-state index is 12.9. The van der Waals surface area contributed by atoms with E-state index in [0.29, 0.717) is 5.13 Å². The van der Waals surface area contributed by atoms with Crippen LogP contribution in [0, 0.1) is 6.92 Å². The number of aromatic nitrogens is 2. The number of para-hydroxylation sites is 1. The zero-order chi connectivity index (χ0) is 19.8. The molecule has 0 bridgehead atoms. The van der Waals surface area contributed by atoms with Crippen LogP contribution in [0.4, 0.5) is 5.13 Å². The van der Waals surface area contributed by atoms with E-state index in [4.69, 9.17) is 4.74 Å². The molecule has 142 valence electrons. The number of pyridine rings is 1. The quantitative estimate of drug-likeness (QED) is 0.566. The third-order valence-electron chi connectivity index (χ3n) is 4.76. The fourth-order valence-corrected chi connectivity index (χ4v) is 4.18. The lowest BCUT2D eigenvalue weighted by Gasteiger charge is -2.18. The average molecular weight is 393 g/mol. The molecule has 0 saturated heterocycles. The Kier molecular flexibility index (Phi) is 4.60. The summed E-state index contributed by atoms with van der Waals surface area (Å²) in [6.45, 7) is 3.61. The fraction of sp³-hybridized carbons (Fsp3) is 0.190. The molecular weight excluding hydrogens is 374 g/mol. The molecule has 0 aliphatic carbocycles. The number of anilines is 1. The highest BCUT2D eigenvalue weighted by molar-refractivity contribution is 7.22. The Morgan fingerprint density at radius 2 is 2.00 bits per heavy atom. The van der Waals surface area contributed by atoms with Crippen LogP contribution in [-0.4, -0.2) is 22.6 Å². The van der Waals surface area contributed by atoms with Crippen molar-refractivity contribution in [2.75, 3.05) is 12.4 Å². The van der Waals surface area contributed by atoms with Crippen LogP contribution in [0.5, 0.6) is 5.75 Å². The number of nitrogens with one attached hydrogen (secondary N) is 1. The molecule has 1 atom stereocenters. The predicted molar refractivity (Wildman–Crippen MR) is 112 cm³/mol. The van der Waals surface area contributed by atoms with Crippen molar-refractivity contribution in [2.24, 2.45) is 0 Å². The minimum atomic E-state index is -0.681. The second-order valence-electron chi connectivity index (χ2n) is 6.57. The third-order valence-corrected chi connectivity index (χ3v) is 5.69. The molecule has 2 aromatic carbocycles. The van der Waals surface area contributed by atoms with Gasteiger partial charge in [-0.15, -0.1) is 0 Å². The van der Waals surface area contributed by atoms with Crippen LogP contribution >= 0.6 is 11.3 Å². The molecule has 1 unspecified atom stereocenters. The van der Waals surface area contributed by atoms with E-state index >= 15 is 0 Å². The Hall–Kier alpha value is -3.19. The smallest absolute Gasteiger partial charge is 0.252 e. The molecule has 2 heterocycles. The second-order valence-corrected chi connectivity index (χ2v) is 7.60. The van der Waals surface area contributed by atoms with Gasteiger partial charge in [-0.25, -0.2) is 4.98 Å². The Bertz CT molecular complexity index is 1260. The zero-order valence-electron chi connectivity index (χ0n) is 15.7. The van der Waals surface area contributed by atoms with Crippen LogP contribution < -0.4 is 15.6 Å². The Labute approximate surface area is 165 Å². The summed E-state index contributed by atoms with van der Waals surface area (Å²) in [5.41, 5.74) is 2.22. The van der Waals surface area contributed by atoms with Gasteiger partial charge in [0, 0.05) is 11.5 Å². The largest absolute Gasteiger partial charge is 0.497 e. The Balaban J connectivity index is 1.68. The summed E-state index contributed by atoms with van der Waals surface area (Å²) in [6.07, 6.45) is 0. The summed E-state index contributed by atoms with van der Waals surface area (Å²) in [6, 6.07) is 14.0. The number of carbonyl (C=O) groups is 1. The van der Waals surface area contributed by atoms with E-state index in [1.807, 2.05) is 49.4 Å². The van der Waals surface area contributed by atoms with E-state index in [-0.39, 0.29) is 11.5 Å². The molecule has 4 aromatic rings. The van der Waals surface area contributed by atoms with Crippen molar-refractivity contribution in [1.82, 2.24) is 9.55 Å². The number of methoxy groups -OCH3 is 1. The number of amides is 1. The number of ether oxygens (including phenoxy) is 1. The van der Waals surface area contributed by atoms with Crippen molar-refractivity contribution < 1.29 is 9.53 Å². The van der Waals surface area contributed by atoms with Crippen LogP contribution in [0.15, 0.2) is 53.3 Å². The number of rotatable bonds is 4. The first kappa shape index (κ1) is 18.2. The number of fused-ring (bicyclic) bond motifs is 2. The summed E-state index contributed by atoms with van der Waals surface area (Å²) in [5.74, 6) is 0.446. The summed E-state index contributed by atoms with van der Waals surface area (Å²) in [7, 11) is 1.61. The number of aryl methyl sites for hydroxylation is 1. The topological polar surface area (TPSA) is 73.2 Å². The third kappa shape index (κ3) is 3.14. The first-order valence-corrected chi connectivity index (χ1v) is 9.66. The number of carbonyl (C=O) groups excluding carboxylic acids is 1. The Morgan fingerprint density at radius 3 is 2.79 bits per heavy atom. The van der Waals surface area contributed by atoms with Crippen molar-refractivity contribution in [2.45, 2.75) is 19.9 Å². The molecule has 0 fully saturated rings. The molecule has 4 rings (SSSR count). The van der Waals surface area contributed by atoms with Crippen molar-refractivity contribution >= 4 is 43.5 Å². The van der Waals surface area contributed by atoms with E-state index in [1.54, 1.807) is 20.1 Å². The second kappa shape index (κ2) is 7.09. The number of hydrogen-bond acceptors (Lipinski definition) is 5. The summed E-state index contributed by atoms with van der Waals surface area (Å²) in [4.78, 5) is 29.9. The van der Waals surface area contributed by atoms with Crippen LogP contribution in [0.2, 0.25) is 0 Å². The van der Waals surface area contributed by atoms with Crippen LogP contribution in [0.1, 0.15) is 18.5 Å².